The molecule has 1 aromatic carbocycles. The zero-order valence-corrected chi connectivity index (χ0v) is 13.3. The third-order valence-electron chi connectivity index (χ3n) is 3.78. The second-order valence-corrected chi connectivity index (χ2v) is 5.53. The van der Waals surface area contributed by atoms with Gasteiger partial charge in [0.1, 0.15) is 0 Å². The number of aromatic carboxylic acids is 1. The molecule has 4 rings (SSSR count). The smallest absolute Gasteiger partial charge is 0.356 e. The number of nitrogens with zero attached hydrogens (tertiary/aromatic N) is 5. The minimum Gasteiger partial charge on any atom is -0.476 e. The zero-order chi connectivity index (χ0) is 17.4. The van der Waals surface area contributed by atoms with Gasteiger partial charge in [-0.05, 0) is 37.3 Å². The molecule has 0 radical (unpaired) electrons. The van der Waals surface area contributed by atoms with Gasteiger partial charge in [-0.2, -0.15) is 5.10 Å². The number of carbonyl (C=O) groups is 1. The first-order valence-corrected chi connectivity index (χ1v) is 7.60. The Bertz CT molecular complexity index is 1100. The van der Waals surface area contributed by atoms with Crippen LogP contribution in [0.5, 0.6) is 0 Å². The molecule has 122 valence electrons. The summed E-state index contributed by atoms with van der Waals surface area (Å²) in [6.07, 6.45) is 3.25. The van der Waals surface area contributed by atoms with E-state index in [4.69, 9.17) is 0 Å². The molecule has 4 aromatic rings. The predicted octanol–water partition coefficient (Wildman–Crippen LogP) is 2.88. The van der Waals surface area contributed by atoms with Crippen LogP contribution in [0.4, 0.5) is 0 Å². The molecule has 0 bridgehead atoms. The molecule has 0 amide bonds. The average Bonchev–Trinajstić information content (AvgIpc) is 3.07. The largest absolute Gasteiger partial charge is 0.476 e. The molecule has 3 heterocycles. The van der Waals surface area contributed by atoms with Crippen molar-refractivity contribution < 1.29 is 9.90 Å². The summed E-state index contributed by atoms with van der Waals surface area (Å²) in [5, 5.41) is 13.5. The van der Waals surface area contributed by atoms with Gasteiger partial charge in [0.25, 0.3) is 0 Å². The van der Waals surface area contributed by atoms with E-state index in [1.807, 2.05) is 37.3 Å². The van der Waals surface area contributed by atoms with Crippen LogP contribution in [0.3, 0.4) is 0 Å². The lowest BCUT2D eigenvalue weighted by Crippen LogP contribution is -2.04. The molecule has 3 aromatic heterocycles. The highest BCUT2D eigenvalue weighted by Crippen LogP contribution is 2.26. The summed E-state index contributed by atoms with van der Waals surface area (Å²) in [4.78, 5) is 24.4. The molecule has 0 saturated carbocycles. The van der Waals surface area contributed by atoms with Gasteiger partial charge < -0.3 is 5.11 Å². The fourth-order valence-corrected chi connectivity index (χ4v) is 2.64. The second kappa shape index (κ2) is 5.79. The van der Waals surface area contributed by atoms with Gasteiger partial charge in [-0.1, -0.05) is 12.1 Å². The van der Waals surface area contributed by atoms with Gasteiger partial charge in [0.05, 0.1) is 16.7 Å². The van der Waals surface area contributed by atoms with E-state index in [9.17, 15) is 9.90 Å². The number of carboxylic acid groups (broad SMARTS) is 1. The number of hydrogen-bond donors (Lipinski definition) is 1. The van der Waals surface area contributed by atoms with E-state index in [1.165, 1.54) is 10.7 Å². The van der Waals surface area contributed by atoms with Crippen LogP contribution in [0.1, 0.15) is 16.2 Å². The molecule has 7 nitrogen and oxygen atoms in total. The van der Waals surface area contributed by atoms with Crippen LogP contribution < -0.4 is 0 Å². The van der Waals surface area contributed by atoms with E-state index in [2.05, 4.69) is 20.1 Å². The highest BCUT2D eigenvalue weighted by atomic mass is 16.4. The van der Waals surface area contributed by atoms with Crippen LogP contribution in [-0.4, -0.2) is 35.8 Å². The number of rotatable bonds is 3. The number of fused-ring (bicyclic) bond motifs is 1. The molecular weight excluding hydrogens is 318 g/mol. The molecule has 0 saturated heterocycles. The fourth-order valence-electron chi connectivity index (χ4n) is 2.64. The van der Waals surface area contributed by atoms with E-state index in [0.717, 1.165) is 22.3 Å². The van der Waals surface area contributed by atoms with Gasteiger partial charge in [-0.15, -0.1) is 0 Å². The Hall–Kier alpha value is -3.61. The van der Waals surface area contributed by atoms with E-state index in [0.29, 0.717) is 11.5 Å². The normalized spacial score (nSPS) is 10.9. The Kier molecular flexibility index (Phi) is 3.46. The van der Waals surface area contributed by atoms with Crippen molar-refractivity contribution in [3.05, 3.63) is 66.2 Å². The minimum absolute atomic E-state index is 0.0439. The van der Waals surface area contributed by atoms with Crippen LogP contribution in [0.2, 0.25) is 0 Å². The maximum atomic E-state index is 11.4. The molecule has 0 atom stereocenters. The van der Waals surface area contributed by atoms with Crippen LogP contribution in [-0.2, 0) is 0 Å². The standard InChI is InChI=1S/C18H13N5O2/c1-11-3-2-4-17(21-11)23-16(10-15(22-23)18(24)25)12-5-6-13-14(9-12)20-8-7-19-13/h2-10H,1H3,(H,24,25). The Morgan fingerprint density at radius 3 is 2.60 bits per heavy atom. The van der Waals surface area contributed by atoms with Crippen LogP contribution >= 0.6 is 0 Å². The molecule has 0 aliphatic carbocycles. The van der Waals surface area contributed by atoms with Crippen molar-refractivity contribution in [1.82, 2.24) is 24.7 Å². The minimum atomic E-state index is -1.09. The number of carboxylic acids is 1. The van der Waals surface area contributed by atoms with E-state index in [1.54, 1.807) is 18.5 Å². The first kappa shape index (κ1) is 14.9. The Morgan fingerprint density at radius 1 is 1.04 bits per heavy atom. The Labute approximate surface area is 142 Å². The monoisotopic (exact) mass is 331 g/mol. The van der Waals surface area contributed by atoms with Gasteiger partial charge >= 0.3 is 5.97 Å². The molecule has 7 heteroatoms. The first-order valence-electron chi connectivity index (χ1n) is 7.60. The summed E-state index contributed by atoms with van der Waals surface area (Å²) in [6, 6.07) is 12.6. The SMILES string of the molecule is Cc1cccc(-n2nc(C(=O)O)cc2-c2ccc3nccnc3c2)n1. The molecule has 1 N–H and O–H groups in total. The zero-order valence-electron chi connectivity index (χ0n) is 13.3. The number of hydrogen-bond acceptors (Lipinski definition) is 5. The summed E-state index contributed by atoms with van der Waals surface area (Å²) < 4.78 is 1.54. The summed E-state index contributed by atoms with van der Waals surface area (Å²) in [7, 11) is 0. The van der Waals surface area contributed by atoms with Gasteiger partial charge in [0.15, 0.2) is 11.5 Å². The van der Waals surface area contributed by atoms with E-state index in [-0.39, 0.29) is 5.69 Å². The van der Waals surface area contributed by atoms with E-state index < -0.39 is 5.97 Å². The van der Waals surface area contributed by atoms with Gasteiger partial charge in [0.2, 0.25) is 0 Å². The Balaban J connectivity index is 1.94. The molecule has 25 heavy (non-hydrogen) atoms. The van der Waals surface area contributed by atoms with Gasteiger partial charge in [-0.25, -0.2) is 14.5 Å². The quantitative estimate of drug-likeness (QED) is 0.620. The number of aromatic nitrogens is 5. The Morgan fingerprint density at radius 2 is 1.84 bits per heavy atom. The van der Waals surface area contributed by atoms with Crippen LogP contribution in [0, 0.1) is 6.92 Å². The molecular formula is C18H13N5O2. The maximum Gasteiger partial charge on any atom is 0.356 e. The lowest BCUT2D eigenvalue weighted by Gasteiger charge is -2.08. The van der Waals surface area contributed by atoms with Crippen molar-refractivity contribution >= 4 is 17.0 Å². The third-order valence-corrected chi connectivity index (χ3v) is 3.78. The average molecular weight is 331 g/mol. The molecule has 0 aliphatic heterocycles. The highest BCUT2D eigenvalue weighted by molar-refractivity contribution is 5.88. The summed E-state index contributed by atoms with van der Waals surface area (Å²) >= 11 is 0. The second-order valence-electron chi connectivity index (χ2n) is 5.53. The third kappa shape index (κ3) is 2.72. The summed E-state index contributed by atoms with van der Waals surface area (Å²) in [5.41, 5.74) is 3.68. The van der Waals surface area contributed by atoms with Gasteiger partial charge in [-0.3, -0.25) is 9.97 Å². The molecule has 0 spiro atoms. The topological polar surface area (TPSA) is 93.8 Å². The van der Waals surface area contributed by atoms with E-state index >= 15 is 0 Å². The number of benzene rings is 1. The van der Waals surface area contributed by atoms with Crippen molar-refractivity contribution in [1.29, 1.82) is 0 Å². The lowest BCUT2D eigenvalue weighted by molar-refractivity contribution is 0.0690. The number of pyridine rings is 1. The van der Waals surface area contributed by atoms with Crippen molar-refractivity contribution in [3.8, 4) is 17.1 Å². The van der Waals surface area contributed by atoms with Crippen molar-refractivity contribution in [3.63, 3.8) is 0 Å². The highest BCUT2D eigenvalue weighted by Gasteiger charge is 2.17. The first-order chi connectivity index (χ1) is 12.1. The summed E-state index contributed by atoms with van der Waals surface area (Å²) in [5.74, 6) is -0.532. The maximum absolute atomic E-state index is 11.4. The molecule has 0 unspecified atom stereocenters. The van der Waals surface area contributed by atoms with Crippen molar-refractivity contribution in [2.75, 3.05) is 0 Å². The fraction of sp³-hybridized carbons (Fsp3) is 0.0556. The molecule has 0 fully saturated rings. The summed E-state index contributed by atoms with van der Waals surface area (Å²) in [6.45, 7) is 1.87. The lowest BCUT2D eigenvalue weighted by atomic mass is 10.1. The molecule has 0 aliphatic rings. The predicted molar refractivity (Wildman–Crippen MR) is 91.6 cm³/mol. The van der Waals surface area contributed by atoms with Gasteiger partial charge in [0, 0.05) is 23.7 Å². The van der Waals surface area contributed by atoms with Crippen LogP contribution in [0.25, 0.3) is 28.1 Å². The number of aryl methyl sites for hydroxylation is 1. The van der Waals surface area contributed by atoms with Crippen LogP contribution in [0.15, 0.2) is 54.9 Å². The van der Waals surface area contributed by atoms with Crippen molar-refractivity contribution in [2.24, 2.45) is 0 Å². The van der Waals surface area contributed by atoms with Crippen molar-refractivity contribution in [2.45, 2.75) is 6.92 Å².